The number of rotatable bonds is 3. The van der Waals surface area contributed by atoms with E-state index in [0.717, 1.165) is 16.0 Å². The van der Waals surface area contributed by atoms with Crippen molar-refractivity contribution >= 4 is 48.7 Å². The molecule has 0 spiro atoms. The molecule has 28 heavy (non-hydrogen) atoms. The van der Waals surface area contributed by atoms with Gasteiger partial charge in [-0.15, -0.1) is 11.3 Å². The number of nitrogens with one attached hydrogen (secondary N) is 1. The molecule has 1 amide bonds. The minimum atomic E-state index is -3.77. The van der Waals surface area contributed by atoms with Crippen LogP contribution >= 0.6 is 27.3 Å². The molecule has 8 heteroatoms. The molecular weight excluding hydrogens is 465 g/mol. The van der Waals surface area contributed by atoms with Crippen molar-refractivity contribution in [1.82, 2.24) is 0 Å². The van der Waals surface area contributed by atoms with Gasteiger partial charge in [0, 0.05) is 22.6 Å². The summed E-state index contributed by atoms with van der Waals surface area (Å²) < 4.78 is 40.2. The number of carbonyl (C=O) groups excluding carboxylic acids is 1. The molecule has 4 rings (SSSR count). The van der Waals surface area contributed by atoms with Crippen molar-refractivity contribution < 1.29 is 17.6 Å². The topological polar surface area (TPSA) is 63.2 Å². The maximum atomic E-state index is 13.6. The first kappa shape index (κ1) is 19.3. The highest BCUT2D eigenvalue weighted by Gasteiger charge is 2.34. The van der Waals surface area contributed by atoms with E-state index in [9.17, 15) is 17.6 Å². The second kappa shape index (κ2) is 7.09. The highest BCUT2D eigenvalue weighted by molar-refractivity contribution is 9.10. The van der Waals surface area contributed by atoms with E-state index < -0.39 is 15.7 Å². The lowest BCUT2D eigenvalue weighted by Gasteiger charge is -2.24. The highest BCUT2D eigenvalue weighted by atomic mass is 79.9. The molecule has 0 unspecified atom stereocenters. The fourth-order valence-electron chi connectivity index (χ4n) is 3.24. The molecule has 1 N–H and O–H groups in total. The number of benzene rings is 2. The number of fused-ring (bicyclic) bond motifs is 1. The Kier molecular flexibility index (Phi) is 4.89. The molecule has 2 heterocycles. The molecule has 0 aliphatic carbocycles. The summed E-state index contributed by atoms with van der Waals surface area (Å²) in [6.07, 6.45) is 0.176. The predicted molar refractivity (Wildman–Crippen MR) is 110 cm³/mol. The molecule has 0 saturated heterocycles. The van der Waals surface area contributed by atoms with Gasteiger partial charge in [-0.2, -0.15) is 0 Å². The maximum absolute atomic E-state index is 13.6. The Morgan fingerprint density at radius 1 is 1.18 bits per heavy atom. The van der Waals surface area contributed by atoms with Crippen LogP contribution in [0.25, 0.3) is 0 Å². The molecule has 0 saturated carbocycles. The summed E-state index contributed by atoms with van der Waals surface area (Å²) in [7, 11) is -3.77. The average Bonchev–Trinajstić information content (AvgIpc) is 3.08. The van der Waals surface area contributed by atoms with E-state index in [2.05, 4.69) is 21.2 Å². The SMILES string of the molecule is Cc1ccc(S(=O)(=O)c2csc3c2NC(=O)C[C@@H]3c2ccc(F)c(Br)c2)cc1. The first-order chi connectivity index (χ1) is 13.3. The van der Waals surface area contributed by atoms with E-state index in [1.54, 1.807) is 41.8 Å². The van der Waals surface area contributed by atoms with Crippen LogP contribution in [0.3, 0.4) is 0 Å². The predicted octanol–water partition coefficient (Wildman–Crippen LogP) is 5.27. The van der Waals surface area contributed by atoms with Crippen LogP contribution in [0, 0.1) is 12.7 Å². The minimum absolute atomic E-state index is 0.0931. The fourth-order valence-corrected chi connectivity index (χ4v) is 6.55. The number of halogens is 2. The zero-order valence-corrected chi connectivity index (χ0v) is 17.9. The first-order valence-corrected chi connectivity index (χ1v) is 11.6. The van der Waals surface area contributed by atoms with Gasteiger partial charge in [0.2, 0.25) is 15.7 Å². The monoisotopic (exact) mass is 479 g/mol. The normalized spacial score (nSPS) is 16.5. The van der Waals surface area contributed by atoms with E-state index >= 15 is 0 Å². The maximum Gasteiger partial charge on any atom is 0.225 e. The van der Waals surface area contributed by atoms with Crippen molar-refractivity contribution in [3.8, 4) is 0 Å². The number of hydrogen-bond donors (Lipinski definition) is 1. The lowest BCUT2D eigenvalue weighted by Crippen LogP contribution is -2.23. The zero-order chi connectivity index (χ0) is 20.1. The number of aryl methyl sites for hydroxylation is 1. The Morgan fingerprint density at radius 3 is 2.57 bits per heavy atom. The van der Waals surface area contributed by atoms with E-state index in [4.69, 9.17) is 0 Å². The standard InChI is InChI=1S/C20H15BrFNO3S2/c1-11-2-5-13(6-3-11)28(25,26)17-10-27-20-14(9-18(24)23-19(17)20)12-4-7-16(22)15(21)8-12/h2-8,10,14H,9H2,1H3,(H,23,24)/t14-/m1/s1. The number of sulfone groups is 1. The molecule has 0 fully saturated rings. The van der Waals surface area contributed by atoms with Gasteiger partial charge in [0.05, 0.1) is 15.1 Å². The van der Waals surface area contributed by atoms with Crippen LogP contribution in [0.5, 0.6) is 0 Å². The van der Waals surface area contributed by atoms with Crippen molar-refractivity contribution in [2.24, 2.45) is 0 Å². The van der Waals surface area contributed by atoms with Gasteiger partial charge >= 0.3 is 0 Å². The van der Waals surface area contributed by atoms with E-state index in [1.165, 1.54) is 17.4 Å². The Balaban J connectivity index is 1.82. The van der Waals surface area contributed by atoms with Gasteiger partial charge in [-0.3, -0.25) is 4.79 Å². The number of carbonyl (C=O) groups is 1. The lowest BCUT2D eigenvalue weighted by molar-refractivity contribution is -0.116. The Bertz CT molecular complexity index is 1190. The van der Waals surface area contributed by atoms with E-state index in [-0.39, 0.29) is 28.0 Å². The Morgan fingerprint density at radius 2 is 1.89 bits per heavy atom. The summed E-state index contributed by atoms with van der Waals surface area (Å²) in [5.74, 6) is -0.984. The van der Waals surface area contributed by atoms with Gasteiger partial charge in [0.1, 0.15) is 10.7 Å². The van der Waals surface area contributed by atoms with E-state index in [0.29, 0.717) is 10.2 Å². The second-order valence-corrected chi connectivity index (χ2v) is 10.3. The summed E-state index contributed by atoms with van der Waals surface area (Å²) in [5, 5.41) is 4.29. The number of anilines is 1. The van der Waals surface area contributed by atoms with Gasteiger partial charge in [-0.05, 0) is 52.7 Å². The van der Waals surface area contributed by atoms with Crippen molar-refractivity contribution in [3.05, 3.63) is 74.1 Å². The second-order valence-electron chi connectivity index (χ2n) is 6.63. The van der Waals surface area contributed by atoms with Crippen LogP contribution in [-0.4, -0.2) is 14.3 Å². The molecule has 0 radical (unpaired) electrons. The molecule has 0 bridgehead atoms. The number of thiophene rings is 1. The molecule has 2 aromatic carbocycles. The average molecular weight is 480 g/mol. The van der Waals surface area contributed by atoms with Crippen LogP contribution in [0.1, 0.15) is 28.3 Å². The molecule has 1 atom stereocenters. The highest BCUT2D eigenvalue weighted by Crippen LogP contribution is 2.46. The summed E-state index contributed by atoms with van der Waals surface area (Å²) in [5.41, 5.74) is 2.04. The van der Waals surface area contributed by atoms with Crippen molar-refractivity contribution in [2.75, 3.05) is 5.32 Å². The van der Waals surface area contributed by atoms with Gasteiger partial charge in [0.15, 0.2) is 0 Å². The first-order valence-electron chi connectivity index (χ1n) is 8.45. The molecule has 1 aliphatic rings. The lowest BCUT2D eigenvalue weighted by atomic mass is 9.91. The molecule has 1 aromatic heterocycles. The van der Waals surface area contributed by atoms with Gasteiger partial charge < -0.3 is 5.32 Å². The van der Waals surface area contributed by atoms with Crippen molar-refractivity contribution in [3.63, 3.8) is 0 Å². The zero-order valence-electron chi connectivity index (χ0n) is 14.7. The van der Waals surface area contributed by atoms with Crippen LogP contribution in [-0.2, 0) is 14.6 Å². The summed E-state index contributed by atoms with van der Waals surface area (Å²) in [6, 6.07) is 11.2. The Hall–Kier alpha value is -2.03. The third-order valence-electron chi connectivity index (χ3n) is 4.72. The quantitative estimate of drug-likeness (QED) is 0.556. The Labute approximate surface area is 174 Å². The van der Waals surface area contributed by atoms with E-state index in [1.807, 2.05) is 6.92 Å². The molecule has 4 nitrogen and oxygen atoms in total. The molecule has 1 aliphatic heterocycles. The van der Waals surface area contributed by atoms with Crippen molar-refractivity contribution in [2.45, 2.75) is 29.1 Å². The molecule has 3 aromatic rings. The third-order valence-corrected chi connectivity index (χ3v) is 8.37. The summed E-state index contributed by atoms with van der Waals surface area (Å²) in [6.45, 7) is 1.88. The third kappa shape index (κ3) is 3.29. The van der Waals surface area contributed by atoms with Crippen LogP contribution in [0.15, 0.2) is 62.1 Å². The van der Waals surface area contributed by atoms with Gasteiger partial charge in [0.25, 0.3) is 0 Å². The minimum Gasteiger partial charge on any atom is -0.324 e. The largest absolute Gasteiger partial charge is 0.324 e. The number of hydrogen-bond acceptors (Lipinski definition) is 4. The summed E-state index contributed by atoms with van der Waals surface area (Å²) in [4.78, 5) is 13.4. The fraction of sp³-hybridized carbons (Fsp3) is 0.150. The molecular formula is C20H15BrFNO3S2. The number of amides is 1. The van der Waals surface area contributed by atoms with Crippen LogP contribution < -0.4 is 5.32 Å². The van der Waals surface area contributed by atoms with Gasteiger partial charge in [-0.25, -0.2) is 12.8 Å². The van der Waals surface area contributed by atoms with Crippen LogP contribution in [0.4, 0.5) is 10.1 Å². The van der Waals surface area contributed by atoms with Gasteiger partial charge in [-0.1, -0.05) is 23.8 Å². The van der Waals surface area contributed by atoms with Crippen LogP contribution in [0.2, 0.25) is 0 Å². The smallest absolute Gasteiger partial charge is 0.225 e. The van der Waals surface area contributed by atoms with Crippen molar-refractivity contribution in [1.29, 1.82) is 0 Å². The summed E-state index contributed by atoms with van der Waals surface area (Å²) >= 11 is 4.46. The molecule has 144 valence electrons.